The van der Waals surface area contributed by atoms with Crippen LogP contribution in [-0.2, 0) is 28.5 Å². The van der Waals surface area contributed by atoms with Gasteiger partial charge in [0.2, 0.25) is 0 Å². The van der Waals surface area contributed by atoms with Crippen molar-refractivity contribution in [2.75, 3.05) is 0 Å². The second kappa shape index (κ2) is 15.4. The van der Waals surface area contributed by atoms with Gasteiger partial charge >= 0.3 is 102 Å². The Morgan fingerprint density at radius 2 is 1.06 bits per heavy atom. The van der Waals surface area contributed by atoms with Crippen molar-refractivity contribution in [1.82, 2.24) is 29.1 Å². The second-order valence-corrected chi connectivity index (χ2v) is 11.6. The van der Waals surface area contributed by atoms with E-state index in [1.807, 2.05) is 46.0 Å². The third kappa shape index (κ3) is 8.52. The van der Waals surface area contributed by atoms with Gasteiger partial charge in [-0.3, -0.25) is 0 Å². The van der Waals surface area contributed by atoms with Crippen LogP contribution in [0.2, 0.25) is 0 Å². The first kappa shape index (κ1) is 30.4. The van der Waals surface area contributed by atoms with Gasteiger partial charge < -0.3 is 13.8 Å². The second-order valence-electron chi connectivity index (χ2n) is 7.70. The van der Waals surface area contributed by atoms with E-state index in [0.717, 1.165) is 34.2 Å². The Kier molecular flexibility index (Phi) is 13.4. The molecule has 0 aliphatic rings. The van der Waals surface area contributed by atoms with Crippen LogP contribution in [-0.4, -0.2) is 51.1 Å². The summed E-state index contributed by atoms with van der Waals surface area (Å²) in [5, 5.41) is 14.1. The third-order valence-corrected chi connectivity index (χ3v) is 7.32. The zero-order valence-electron chi connectivity index (χ0n) is 20.6. The molecule has 0 amide bonds. The summed E-state index contributed by atoms with van der Waals surface area (Å²) in [4.78, 5) is 0. The number of aryl methyl sites for hydroxylation is 6. The van der Waals surface area contributed by atoms with Gasteiger partial charge in [-0.15, -0.1) is 0 Å². The van der Waals surface area contributed by atoms with Gasteiger partial charge in [-0.2, -0.15) is 0 Å². The molecule has 0 bridgehead atoms. The van der Waals surface area contributed by atoms with Crippen molar-refractivity contribution < 1.29 is 28.5 Å². The van der Waals surface area contributed by atoms with Gasteiger partial charge in [0.25, 0.3) is 0 Å². The Morgan fingerprint density at radius 1 is 0.714 bits per heavy atom. The number of rotatable bonds is 4. The average Bonchev–Trinajstić information content (AvgIpc) is 3.48. The summed E-state index contributed by atoms with van der Waals surface area (Å²) in [6.45, 7) is 21.3. The van der Waals surface area contributed by atoms with E-state index in [9.17, 15) is 0 Å². The number of hydrogen-bond donors (Lipinski definition) is 0. The molecule has 4 rings (SSSR count). The summed E-state index contributed by atoms with van der Waals surface area (Å²) >= 11 is 2.38. The molecule has 0 N–H and O–H groups in total. The summed E-state index contributed by atoms with van der Waals surface area (Å²) < 4.78 is 25.7. The molecule has 0 saturated carbocycles. The van der Waals surface area contributed by atoms with Crippen LogP contribution in [0.25, 0.3) is 0 Å². The molecule has 0 aliphatic heterocycles. The van der Waals surface area contributed by atoms with Crippen molar-refractivity contribution in [3.8, 4) is 3.10 Å². The molecule has 0 aliphatic carbocycles. The van der Waals surface area contributed by atoms with Crippen molar-refractivity contribution in [2.24, 2.45) is 0 Å². The first-order chi connectivity index (χ1) is 16.8. The summed E-state index contributed by atoms with van der Waals surface area (Å²) in [7, 11) is -1.26. The minimum absolute atomic E-state index is 0.464. The Hall–Kier alpha value is -2.62. The van der Waals surface area contributed by atoms with Crippen LogP contribution < -0.4 is 4.46 Å². The van der Waals surface area contributed by atoms with E-state index in [-0.39, 0.29) is 0 Å². The van der Waals surface area contributed by atoms with Crippen molar-refractivity contribution in [2.45, 2.75) is 41.5 Å². The molecule has 0 radical (unpaired) electrons. The van der Waals surface area contributed by atoms with E-state index in [1.165, 1.54) is 4.46 Å². The van der Waals surface area contributed by atoms with Crippen molar-refractivity contribution >= 4 is 26.5 Å². The summed E-state index contributed by atoms with van der Waals surface area (Å²) in [5.74, 6) is 0. The molecule has 4 aromatic rings. The molecule has 0 unspecified atom stereocenters. The van der Waals surface area contributed by atoms with Gasteiger partial charge in [0.05, 0.1) is 17.1 Å². The normalized spacial score (nSPS) is 9.54. The SMILES string of the molecule is Cc1cc(C)n([BH-](n2nc(C)cc2C)n2nc(C)cc2C)n1.[C-]#[O+].[C-]#[O+].[Mo+]#[C][Se]c1ccccc1. The average molecular weight is 617 g/mol. The summed E-state index contributed by atoms with van der Waals surface area (Å²) in [6, 6.07) is 16.7. The topological polar surface area (TPSA) is 93.3 Å². The van der Waals surface area contributed by atoms with Crippen molar-refractivity contribution in [3.63, 3.8) is 0 Å². The molecule has 3 aromatic heterocycles. The Bertz CT molecular complexity index is 1190. The minimum atomic E-state index is -1.26. The van der Waals surface area contributed by atoms with Crippen molar-refractivity contribution in [3.05, 3.63) is 96.0 Å². The van der Waals surface area contributed by atoms with Gasteiger partial charge in [-0.1, -0.05) is 0 Å². The number of hydrogen-bond acceptors (Lipinski definition) is 3. The Labute approximate surface area is 223 Å². The van der Waals surface area contributed by atoms with E-state index in [1.54, 1.807) is 0 Å². The molecule has 35 heavy (non-hydrogen) atoms. The van der Waals surface area contributed by atoms with Crippen LogP contribution in [0.5, 0.6) is 0 Å². The molecule has 0 atom stereocenters. The molecule has 180 valence electrons. The van der Waals surface area contributed by atoms with E-state index in [0.29, 0.717) is 15.0 Å². The van der Waals surface area contributed by atoms with Gasteiger partial charge in [0.15, 0.2) is 0 Å². The standard InChI is InChI=1S/C15H22BN6.C7H5Se.2CO.Mo/c1-10-7-13(4)20(17-10)16(21-14(5)8-11(2)18-21)22-15(6)9-12(3)19-22;1-8-7-5-3-2-4-6-7;2*1-2;/h7-9,16H,1-6H3;2-6H;;;/q-1;;;;+1. The molecule has 0 fully saturated rings. The fourth-order valence-electron chi connectivity index (χ4n) is 3.80. The monoisotopic (exact) mass is 620 g/mol. The number of nitrogens with zero attached hydrogens (tertiary/aromatic N) is 6. The van der Waals surface area contributed by atoms with Crippen molar-refractivity contribution in [1.29, 1.82) is 0 Å². The fraction of sp³-hybridized carbons (Fsp3) is 0.250. The maximum atomic E-state index is 7.50. The molecule has 11 heteroatoms. The van der Waals surface area contributed by atoms with Gasteiger partial charge in [-0.05, 0) is 76.8 Å². The van der Waals surface area contributed by atoms with Crippen LogP contribution >= 0.6 is 0 Å². The third-order valence-electron chi connectivity index (χ3n) is 5.02. The van der Waals surface area contributed by atoms with Crippen LogP contribution in [0.15, 0.2) is 48.5 Å². The van der Waals surface area contributed by atoms with Gasteiger partial charge in [0, 0.05) is 0 Å². The van der Waals surface area contributed by atoms with Crippen LogP contribution in [0.4, 0.5) is 0 Å². The van der Waals surface area contributed by atoms with E-state index >= 15 is 0 Å². The molecular weight excluding hydrogens is 590 g/mol. The van der Waals surface area contributed by atoms with Crippen LogP contribution in [0.3, 0.4) is 0 Å². The molecule has 8 nitrogen and oxygen atoms in total. The molecule has 3 heterocycles. The molecule has 0 saturated heterocycles. The van der Waals surface area contributed by atoms with Crippen LogP contribution in [0.1, 0.15) is 34.2 Å². The quantitative estimate of drug-likeness (QED) is 0.200. The molecular formula is C24H27BMoN6O2Se. The fourth-order valence-corrected chi connectivity index (χ4v) is 5.85. The zero-order valence-corrected chi connectivity index (χ0v) is 24.4. The predicted octanol–water partition coefficient (Wildman–Crippen LogP) is 2.19. The molecule has 0 spiro atoms. The first-order valence-corrected chi connectivity index (χ1v) is 13.3. The predicted molar refractivity (Wildman–Crippen MR) is 132 cm³/mol. The van der Waals surface area contributed by atoms with E-state index < -0.39 is 7.12 Å². The Morgan fingerprint density at radius 3 is 1.31 bits per heavy atom. The van der Waals surface area contributed by atoms with E-state index in [4.69, 9.17) is 24.6 Å². The van der Waals surface area contributed by atoms with Gasteiger partial charge in [0.1, 0.15) is 0 Å². The maximum absolute atomic E-state index is 7.50. The summed E-state index contributed by atoms with van der Waals surface area (Å²) in [5.41, 5.74) is 6.40. The van der Waals surface area contributed by atoms with Gasteiger partial charge in [-0.25, -0.2) is 15.3 Å². The van der Waals surface area contributed by atoms with Crippen LogP contribution in [0, 0.1) is 57.9 Å². The zero-order chi connectivity index (χ0) is 26.5. The Balaban J connectivity index is 0.000000394. The first-order valence-electron chi connectivity index (χ1n) is 10.6. The number of aromatic nitrogens is 6. The van der Waals surface area contributed by atoms with E-state index in [2.05, 4.69) is 93.4 Å². The molecule has 1 aromatic carbocycles. The summed E-state index contributed by atoms with van der Waals surface area (Å²) in [6.07, 6.45) is 0. The number of benzene rings is 1.